The third-order valence-corrected chi connectivity index (χ3v) is 14.6. The normalized spacial score (nSPS) is 13.9. The van der Waals surface area contributed by atoms with Gasteiger partial charge in [-0.05, 0) is 96.3 Å². The van der Waals surface area contributed by atoms with Gasteiger partial charge in [0, 0.05) is 12.8 Å². The summed E-state index contributed by atoms with van der Waals surface area (Å²) >= 11 is 0. The Kier molecular flexibility index (Phi) is 56.3. The van der Waals surface area contributed by atoms with Crippen LogP contribution in [0.25, 0.3) is 0 Å². The van der Waals surface area contributed by atoms with Crippen LogP contribution >= 0.6 is 7.82 Å². The van der Waals surface area contributed by atoms with Gasteiger partial charge in [-0.1, -0.05) is 259 Å². The van der Waals surface area contributed by atoms with Gasteiger partial charge in [0.05, 0.1) is 27.7 Å². The summed E-state index contributed by atoms with van der Waals surface area (Å²) in [6.07, 6.45) is 80.3. The first kappa shape index (κ1) is 74.9. The predicted molar refractivity (Wildman–Crippen MR) is 332 cm³/mol. The second kappa shape index (κ2) is 58.6. The van der Waals surface area contributed by atoms with Crippen LogP contribution in [0.2, 0.25) is 0 Å². The highest BCUT2D eigenvalue weighted by molar-refractivity contribution is 7.45. The van der Waals surface area contributed by atoms with Gasteiger partial charge in [0.15, 0.2) is 6.10 Å². The lowest BCUT2D eigenvalue weighted by molar-refractivity contribution is -0.870. The molecule has 2 unspecified atom stereocenters. The molecule has 450 valence electrons. The van der Waals surface area contributed by atoms with Crippen molar-refractivity contribution in [3.05, 3.63) is 97.2 Å². The molecule has 0 heterocycles. The molecule has 0 aliphatic rings. The molecule has 78 heavy (non-hydrogen) atoms. The minimum atomic E-state index is -4.65. The first-order chi connectivity index (χ1) is 38.0. The molecule has 0 aromatic heterocycles. The summed E-state index contributed by atoms with van der Waals surface area (Å²) in [7, 11) is 1.16. The Bertz CT molecular complexity index is 1640. The highest BCUT2D eigenvalue weighted by Crippen LogP contribution is 2.38. The highest BCUT2D eigenvalue weighted by Gasteiger charge is 2.22. The quantitative estimate of drug-likeness (QED) is 0.0195. The number of allylic oxidation sites excluding steroid dienone is 16. The lowest BCUT2D eigenvalue weighted by Crippen LogP contribution is -2.37. The van der Waals surface area contributed by atoms with E-state index in [0.29, 0.717) is 17.4 Å². The Hall–Kier alpha value is -3.07. The van der Waals surface area contributed by atoms with Crippen molar-refractivity contribution in [3.8, 4) is 0 Å². The lowest BCUT2D eigenvalue weighted by atomic mass is 10.0. The van der Waals surface area contributed by atoms with Gasteiger partial charge in [0.2, 0.25) is 0 Å². The first-order valence-electron chi connectivity index (χ1n) is 31.9. The molecule has 10 heteroatoms. The van der Waals surface area contributed by atoms with Crippen molar-refractivity contribution in [1.29, 1.82) is 0 Å². The smallest absolute Gasteiger partial charge is 0.306 e. The molecule has 0 saturated heterocycles. The molecule has 0 aromatic carbocycles. The number of carbonyl (C=O) groups excluding carboxylic acids is 2. The monoisotopic (exact) mass is 1110 g/mol. The van der Waals surface area contributed by atoms with E-state index in [1.165, 1.54) is 148 Å². The molecule has 0 aliphatic carbocycles. The van der Waals surface area contributed by atoms with Gasteiger partial charge in [-0.3, -0.25) is 14.2 Å². The molecule has 0 radical (unpaired) electrons. The maximum atomic E-state index is 12.8. The van der Waals surface area contributed by atoms with E-state index >= 15 is 0 Å². The zero-order chi connectivity index (χ0) is 57.0. The van der Waals surface area contributed by atoms with Gasteiger partial charge in [-0.25, -0.2) is 0 Å². The lowest BCUT2D eigenvalue weighted by Gasteiger charge is -2.28. The molecule has 0 N–H and O–H groups in total. The van der Waals surface area contributed by atoms with Crippen molar-refractivity contribution in [2.24, 2.45) is 0 Å². The number of phosphoric acid groups is 1. The largest absolute Gasteiger partial charge is 0.756 e. The summed E-state index contributed by atoms with van der Waals surface area (Å²) in [5, 5.41) is 0. The van der Waals surface area contributed by atoms with E-state index in [-0.39, 0.29) is 32.0 Å². The Labute approximate surface area is 481 Å². The Morgan fingerprint density at radius 3 is 1.10 bits per heavy atom. The Morgan fingerprint density at radius 2 is 0.731 bits per heavy atom. The van der Waals surface area contributed by atoms with Crippen LogP contribution < -0.4 is 4.89 Å². The summed E-state index contributed by atoms with van der Waals surface area (Å²) in [6, 6.07) is 0. The second-order valence-corrected chi connectivity index (χ2v) is 23.8. The Morgan fingerprint density at radius 1 is 0.410 bits per heavy atom. The van der Waals surface area contributed by atoms with Crippen LogP contribution in [0.4, 0.5) is 0 Å². The molecule has 0 aliphatic heterocycles. The molecule has 0 amide bonds. The number of esters is 2. The van der Waals surface area contributed by atoms with E-state index in [1.54, 1.807) is 0 Å². The zero-order valence-electron chi connectivity index (χ0n) is 51.1. The van der Waals surface area contributed by atoms with Gasteiger partial charge in [-0.15, -0.1) is 0 Å². The number of hydrogen-bond acceptors (Lipinski definition) is 8. The van der Waals surface area contributed by atoms with Crippen LogP contribution in [0.1, 0.15) is 271 Å². The molecule has 0 fully saturated rings. The fourth-order valence-electron chi connectivity index (χ4n) is 8.69. The maximum Gasteiger partial charge on any atom is 0.306 e. The van der Waals surface area contributed by atoms with Crippen molar-refractivity contribution >= 4 is 19.8 Å². The van der Waals surface area contributed by atoms with E-state index in [0.717, 1.165) is 89.9 Å². The predicted octanol–water partition coefficient (Wildman–Crippen LogP) is 19.7. The summed E-state index contributed by atoms with van der Waals surface area (Å²) in [5.41, 5.74) is 0. The van der Waals surface area contributed by atoms with Crippen molar-refractivity contribution in [1.82, 2.24) is 0 Å². The van der Waals surface area contributed by atoms with Crippen LogP contribution in [0.5, 0.6) is 0 Å². The SMILES string of the molecule is CC/C=C\C/C=C\C/C=C\C/C=C\C/C=C\C/C=C\C/C=C\CCCCCCCCCCCC(=O)OC(COC(=O)CCCCCCCCCCCCC/C=C\CCCCCCCCCC)COP(=O)([O-])OCC[N+](C)(C)C. The maximum absolute atomic E-state index is 12.8. The molecule has 0 aromatic rings. The van der Waals surface area contributed by atoms with Gasteiger partial charge in [0.1, 0.15) is 19.8 Å². The summed E-state index contributed by atoms with van der Waals surface area (Å²) < 4.78 is 34.2. The Balaban J connectivity index is 4.15. The number of unbranched alkanes of at least 4 members (excludes halogenated alkanes) is 28. The highest BCUT2D eigenvalue weighted by atomic mass is 31.2. The number of nitrogens with zero attached hydrogens (tertiary/aromatic N) is 1. The molecular formula is C68H120NO8P. The fourth-order valence-corrected chi connectivity index (χ4v) is 9.42. The van der Waals surface area contributed by atoms with Crippen LogP contribution in [-0.2, 0) is 32.7 Å². The van der Waals surface area contributed by atoms with Crippen molar-refractivity contribution in [3.63, 3.8) is 0 Å². The number of rotatable bonds is 58. The number of likely N-dealkylation sites (N-methyl/N-ethyl adjacent to an activating group) is 1. The van der Waals surface area contributed by atoms with E-state index in [4.69, 9.17) is 18.5 Å². The third kappa shape index (κ3) is 62.1. The van der Waals surface area contributed by atoms with E-state index in [2.05, 4.69) is 111 Å². The van der Waals surface area contributed by atoms with E-state index < -0.39 is 26.5 Å². The minimum Gasteiger partial charge on any atom is -0.756 e. The molecule has 0 saturated carbocycles. The number of carbonyl (C=O) groups is 2. The van der Waals surface area contributed by atoms with Gasteiger partial charge < -0.3 is 27.9 Å². The summed E-state index contributed by atoms with van der Waals surface area (Å²) in [4.78, 5) is 38.0. The van der Waals surface area contributed by atoms with Crippen LogP contribution in [0.3, 0.4) is 0 Å². The van der Waals surface area contributed by atoms with E-state index in [9.17, 15) is 19.0 Å². The number of hydrogen-bond donors (Lipinski definition) is 0. The number of phosphoric ester groups is 1. The second-order valence-electron chi connectivity index (χ2n) is 22.4. The van der Waals surface area contributed by atoms with Crippen molar-refractivity contribution < 1.29 is 42.1 Å². The summed E-state index contributed by atoms with van der Waals surface area (Å²) in [5.74, 6) is -0.839. The average Bonchev–Trinajstić information content (AvgIpc) is 3.40. The average molecular weight is 1110 g/mol. The zero-order valence-corrected chi connectivity index (χ0v) is 52.0. The molecule has 2 atom stereocenters. The molecule has 0 spiro atoms. The fraction of sp³-hybridized carbons (Fsp3) is 0.735. The van der Waals surface area contributed by atoms with Gasteiger partial charge in [-0.2, -0.15) is 0 Å². The number of quaternary nitrogens is 1. The van der Waals surface area contributed by atoms with Crippen LogP contribution in [-0.4, -0.2) is 70.0 Å². The molecule has 9 nitrogen and oxygen atoms in total. The van der Waals surface area contributed by atoms with Crippen molar-refractivity contribution in [2.45, 2.75) is 277 Å². The van der Waals surface area contributed by atoms with Crippen LogP contribution in [0, 0.1) is 0 Å². The number of ether oxygens (including phenoxy) is 2. The summed E-state index contributed by atoms with van der Waals surface area (Å²) in [6.45, 7) is 4.13. The van der Waals surface area contributed by atoms with Gasteiger partial charge in [0.25, 0.3) is 7.82 Å². The topological polar surface area (TPSA) is 111 Å². The molecular weight excluding hydrogens is 990 g/mol. The first-order valence-corrected chi connectivity index (χ1v) is 33.4. The van der Waals surface area contributed by atoms with Crippen LogP contribution in [0.15, 0.2) is 97.2 Å². The third-order valence-electron chi connectivity index (χ3n) is 13.6. The minimum absolute atomic E-state index is 0.0358. The molecule has 0 rings (SSSR count). The standard InChI is InChI=1S/C68H120NO8P/c1-6-8-10-12-14-16-18-20-22-24-26-28-30-31-32-33-34-35-36-37-39-41-43-45-47-49-51-53-55-57-59-61-68(71)77-66(65-76-78(72,73)75-63-62-69(3,4)5)64-74-67(70)60-58-56-54-52-50-48-46-44-42-40-38-29-27-25-23-21-19-17-15-13-11-9-7-2/h8,10,14,16,20,22,25-28,31-32,34-35,37,39,66H,6-7,9,11-13,15,17-19,21,23-24,29-30,33,36,38,40-65H2,1-5H3/b10-8-,16-14-,22-20-,27-25-,28-26-,32-31-,35-34-,39-37-. The van der Waals surface area contributed by atoms with E-state index in [1.807, 2.05) is 21.1 Å². The van der Waals surface area contributed by atoms with Gasteiger partial charge >= 0.3 is 11.9 Å². The van der Waals surface area contributed by atoms with Crippen molar-refractivity contribution in [2.75, 3.05) is 47.5 Å². The molecule has 0 bridgehead atoms.